The standard InChI is InChI=1S/2C34H39F2N3O.C29H37F2N3O.C28H35F2N3O/c2*1-4-24-20-38(21-24)14-15-40-26-17-29(35)32(30(36)18-26)34-33-28(27-12-8-9-13-31(27)37-33)16-23(3)39(34)19-22(2)25-10-6-5-7-11-25;1-5-20-16-33(17-20)10-11-35-21-13-24(30)27(25(31)14-21)29-28-23(12-19(4)34(29)15-18(2)3)22-8-6-7-9-26(22)32-28;1-5-10-32-15-20(16-32)34-19-12-23(29)26(24(30)13-19)28-27-22(11-18(4)33(28)14-17(2)3)21-8-6-7-9-25(21)31-27/h2*5-13,17-18,22-24,34,37H,4,14-16,19-21H2,1-3H3;6-9,13-14,18-20,29,32H,5,10-12,15-17H2,1-4H3;6-9,12-13,17-18,20,28,31H,5,10-11,14-16H2,1-4H3/t22-,23+,34+;22-,23-,34-;19-,29-;18-,28-/m0111/s1. The predicted molar refractivity (Wildman–Crippen MR) is 583 cm³/mol. The molecule has 0 bridgehead atoms. The van der Waals surface area contributed by atoms with Gasteiger partial charge < -0.3 is 38.9 Å². The molecule has 0 spiro atoms. The van der Waals surface area contributed by atoms with Crippen molar-refractivity contribution >= 4 is 43.6 Å². The van der Waals surface area contributed by atoms with Gasteiger partial charge in [-0.15, -0.1) is 0 Å². The monoisotopic (exact) mass is 2040 g/mol. The lowest BCUT2D eigenvalue weighted by Gasteiger charge is -2.42. The number of benzene rings is 10. The summed E-state index contributed by atoms with van der Waals surface area (Å²) < 4.78 is 150. The van der Waals surface area contributed by atoms with Crippen LogP contribution in [0.15, 0.2) is 206 Å². The zero-order chi connectivity index (χ0) is 104. The van der Waals surface area contributed by atoms with Gasteiger partial charge in [0, 0.05) is 260 Å². The zero-order valence-corrected chi connectivity index (χ0v) is 89.2. The smallest absolute Gasteiger partial charge is 0.135 e. The first-order valence-electron chi connectivity index (χ1n) is 55.0. The van der Waals surface area contributed by atoms with Crippen molar-refractivity contribution in [1.29, 1.82) is 0 Å². The summed E-state index contributed by atoms with van der Waals surface area (Å²) in [5.74, 6) is -0.00446. The highest BCUT2D eigenvalue weighted by molar-refractivity contribution is 5.88. The Morgan fingerprint density at radius 3 is 0.792 bits per heavy atom. The fraction of sp³-hybridized carbons (Fsp3) is 0.456. The van der Waals surface area contributed by atoms with Gasteiger partial charge in [0.2, 0.25) is 0 Å². The SMILES string of the molecule is CCC1CN(CCOc2cc(F)c([C@@H]3c4[nH]c5ccccc5c4C[C@@H](C)N3CC(C)C)c(F)c2)C1.CCC1CN(CCOc2cc(F)c([C@@H]3c4[nH]c5ccccc5c4C[C@@H](C)N3C[C@@H](C)c3ccccc3)c(F)c2)C1.CCC1CN(CCOc2cc(F)c([C@@H]3c4[nH]c5ccccc5c4C[C@@H](C)N3C[C@H](C)c3ccccc3)c(F)c2)C1.CCCN1CC(Oc2cc(F)c([C@@H]3c4[nH]c5ccccc5c4C[C@@H](C)N3CC(C)C)c(F)c2)C1. The van der Waals surface area contributed by atoms with Crippen LogP contribution in [0.3, 0.4) is 0 Å². The van der Waals surface area contributed by atoms with Gasteiger partial charge in [0.25, 0.3) is 0 Å². The van der Waals surface area contributed by atoms with Crippen molar-refractivity contribution in [1.82, 2.24) is 59.1 Å². The van der Waals surface area contributed by atoms with Crippen LogP contribution < -0.4 is 18.9 Å². The summed E-state index contributed by atoms with van der Waals surface area (Å²) in [4.78, 5) is 32.4. The third-order valence-corrected chi connectivity index (χ3v) is 32.9. The maximum atomic E-state index is 16.0. The Hall–Kier alpha value is -11.3. The molecule has 14 aromatic rings. The molecule has 22 rings (SSSR count). The lowest BCUT2D eigenvalue weighted by Crippen LogP contribution is -2.53. The molecular weight excluding hydrogens is 1890 g/mol. The van der Waals surface area contributed by atoms with Crippen molar-refractivity contribution in [3.63, 3.8) is 0 Å². The number of ether oxygens (including phenoxy) is 4. The molecule has 0 radical (unpaired) electrons. The second-order valence-corrected chi connectivity index (χ2v) is 44.6. The molecule has 12 heterocycles. The molecule has 0 unspecified atom stereocenters. The third kappa shape index (κ3) is 23.1. The minimum Gasteiger partial charge on any atom is -0.492 e. The van der Waals surface area contributed by atoms with Gasteiger partial charge in [-0.1, -0.05) is 222 Å². The Kier molecular flexibility index (Phi) is 33.4. The molecule has 0 saturated carbocycles. The Morgan fingerprint density at radius 2 is 0.537 bits per heavy atom. The fourth-order valence-corrected chi connectivity index (χ4v) is 24.8. The first-order valence-corrected chi connectivity index (χ1v) is 55.0. The minimum atomic E-state index is -0.571. The molecule has 4 saturated heterocycles. The van der Waals surface area contributed by atoms with Crippen LogP contribution in [0.2, 0.25) is 0 Å². The number of nitrogens with zero attached hydrogens (tertiary/aromatic N) is 8. The van der Waals surface area contributed by atoms with Crippen LogP contribution in [-0.4, -0.2) is 214 Å². The van der Waals surface area contributed by atoms with Crippen LogP contribution in [0.1, 0.15) is 237 Å². The largest absolute Gasteiger partial charge is 0.492 e. The topological polar surface area (TPSA) is 126 Å². The van der Waals surface area contributed by atoms with E-state index in [0.29, 0.717) is 44.7 Å². The first kappa shape index (κ1) is 106. The summed E-state index contributed by atoms with van der Waals surface area (Å²) in [5.41, 5.74) is 15.0. The molecular formula is C125H150F8N12O4. The van der Waals surface area contributed by atoms with Crippen molar-refractivity contribution in [3.8, 4) is 23.0 Å². The quantitative estimate of drug-likeness (QED) is 0.0293. The number of para-hydroxylation sites is 4. The van der Waals surface area contributed by atoms with Crippen LogP contribution in [0, 0.1) is 76.1 Å². The highest BCUT2D eigenvalue weighted by atomic mass is 19.2. The van der Waals surface area contributed by atoms with Gasteiger partial charge in [-0.2, -0.15) is 0 Å². The Balaban J connectivity index is 0.000000125. The van der Waals surface area contributed by atoms with E-state index in [4.69, 9.17) is 18.9 Å². The van der Waals surface area contributed by atoms with Crippen molar-refractivity contribution in [3.05, 3.63) is 331 Å². The average molecular weight is 2040 g/mol. The molecule has 4 fully saturated rings. The third-order valence-electron chi connectivity index (χ3n) is 32.9. The molecule has 16 nitrogen and oxygen atoms in total. The second kappa shape index (κ2) is 46.9. The first-order chi connectivity index (χ1) is 72.0. The van der Waals surface area contributed by atoms with Crippen molar-refractivity contribution in [2.75, 3.05) is 125 Å². The van der Waals surface area contributed by atoms with Crippen molar-refractivity contribution < 1.29 is 54.1 Å². The Bertz CT molecular complexity index is 6590. The fourth-order valence-electron chi connectivity index (χ4n) is 24.8. The molecule has 4 N–H and O–H groups in total. The van der Waals surface area contributed by atoms with Crippen LogP contribution in [0.5, 0.6) is 23.0 Å². The van der Waals surface area contributed by atoms with Gasteiger partial charge in [-0.3, -0.25) is 39.2 Å². The van der Waals surface area contributed by atoms with E-state index in [2.05, 4.69) is 205 Å². The Morgan fingerprint density at radius 1 is 0.295 bits per heavy atom. The Labute approximate surface area is 874 Å². The highest BCUT2D eigenvalue weighted by Crippen LogP contribution is 2.51. The van der Waals surface area contributed by atoms with Crippen LogP contribution >= 0.6 is 0 Å². The molecule has 8 aliphatic heterocycles. The second-order valence-electron chi connectivity index (χ2n) is 44.6. The maximum Gasteiger partial charge on any atom is 0.135 e. The van der Waals surface area contributed by atoms with Gasteiger partial charge in [-0.25, -0.2) is 35.1 Å². The molecule has 4 aromatic heterocycles. The van der Waals surface area contributed by atoms with Crippen molar-refractivity contribution in [2.45, 2.75) is 215 Å². The molecule has 8 aliphatic rings. The van der Waals surface area contributed by atoms with Crippen molar-refractivity contribution in [2.24, 2.45) is 29.6 Å². The number of likely N-dealkylation sites (tertiary alicyclic amines) is 4. The van der Waals surface area contributed by atoms with Crippen LogP contribution in [0.25, 0.3) is 43.6 Å². The molecule has 24 heteroatoms. The number of hydrogen-bond donors (Lipinski definition) is 4. The van der Waals surface area contributed by atoms with E-state index in [1.54, 1.807) is 0 Å². The average Bonchev–Trinajstić information content (AvgIpc) is 1.63. The number of fused-ring (bicyclic) bond motifs is 12. The van der Waals surface area contributed by atoms with E-state index in [1.807, 2.05) is 109 Å². The summed E-state index contributed by atoms with van der Waals surface area (Å²) in [6, 6.07) is 62.6. The summed E-state index contributed by atoms with van der Waals surface area (Å²) >= 11 is 0. The summed E-state index contributed by atoms with van der Waals surface area (Å²) in [5, 5.41) is 4.53. The number of rotatable bonds is 33. The van der Waals surface area contributed by atoms with E-state index in [9.17, 15) is 0 Å². The molecule has 0 aliphatic carbocycles. The van der Waals surface area contributed by atoms with Crippen LogP contribution in [-0.2, 0) is 25.7 Å². The number of hydrogen-bond acceptors (Lipinski definition) is 12. The minimum absolute atomic E-state index is 0.0105. The van der Waals surface area contributed by atoms with E-state index >= 15 is 35.1 Å². The summed E-state index contributed by atoms with van der Waals surface area (Å²) in [6.07, 6.45) is 7.99. The number of H-pyrrole nitrogens is 4. The highest BCUT2D eigenvalue weighted by Gasteiger charge is 2.46. The van der Waals surface area contributed by atoms with E-state index in [1.165, 1.54) is 78.9 Å². The van der Waals surface area contributed by atoms with Gasteiger partial charge in [0.05, 0.1) is 24.2 Å². The van der Waals surface area contributed by atoms with Gasteiger partial charge in [0.15, 0.2) is 0 Å². The van der Waals surface area contributed by atoms with Crippen LogP contribution in [0.4, 0.5) is 35.1 Å². The number of aromatic nitrogens is 4. The summed E-state index contributed by atoms with van der Waals surface area (Å²) in [6.45, 7) is 45.9. The predicted octanol–water partition coefficient (Wildman–Crippen LogP) is 26.7. The molecule has 0 amide bonds. The zero-order valence-electron chi connectivity index (χ0n) is 89.2. The summed E-state index contributed by atoms with van der Waals surface area (Å²) in [7, 11) is 0. The number of nitrogens with one attached hydrogen (secondary N) is 4. The lowest BCUT2D eigenvalue weighted by molar-refractivity contribution is 0.0198. The molecule has 10 atom stereocenters. The van der Waals surface area contributed by atoms with Gasteiger partial charge in [0.1, 0.15) is 95.5 Å². The maximum absolute atomic E-state index is 16.0. The molecule has 790 valence electrons. The van der Waals surface area contributed by atoms with E-state index < -0.39 is 70.7 Å². The molecule has 149 heavy (non-hydrogen) atoms. The van der Waals surface area contributed by atoms with Gasteiger partial charge >= 0.3 is 0 Å². The normalized spacial score (nSPS) is 21.2. The van der Waals surface area contributed by atoms with Gasteiger partial charge in [-0.05, 0) is 165 Å². The van der Waals surface area contributed by atoms with E-state index in [0.717, 1.165) is 230 Å². The lowest BCUT2D eigenvalue weighted by atomic mass is 9.86. The number of aromatic amines is 4. The van der Waals surface area contributed by atoms with E-state index in [-0.39, 0.29) is 87.4 Å². The number of halogens is 8. The molecule has 10 aromatic carbocycles.